The van der Waals surface area contributed by atoms with Crippen molar-refractivity contribution < 1.29 is 18.0 Å². The summed E-state index contributed by atoms with van der Waals surface area (Å²) >= 11 is 0. The lowest BCUT2D eigenvalue weighted by Crippen LogP contribution is -2.37. The summed E-state index contributed by atoms with van der Waals surface area (Å²) in [6.45, 7) is 1.22. The third kappa shape index (κ3) is 3.17. The fourth-order valence-corrected chi connectivity index (χ4v) is 2.99. The Bertz CT molecular complexity index is 850. The number of hydrogen-bond donors (Lipinski definition) is 0. The Morgan fingerprint density at radius 3 is 2.56 bits per heavy atom. The van der Waals surface area contributed by atoms with Crippen LogP contribution >= 0.6 is 0 Å². The first kappa shape index (κ1) is 15.6. The van der Waals surface area contributed by atoms with Crippen LogP contribution in [0.2, 0.25) is 0 Å². The van der Waals surface area contributed by atoms with E-state index >= 15 is 0 Å². The molecule has 1 amide bonds. The van der Waals surface area contributed by atoms with E-state index in [4.69, 9.17) is 8.83 Å². The van der Waals surface area contributed by atoms with E-state index in [1.807, 2.05) is 0 Å². The summed E-state index contributed by atoms with van der Waals surface area (Å²) in [4.78, 5) is 14.0. The number of aromatic nitrogens is 2. The smallest absolute Gasteiger partial charge is 0.289 e. The molecular weight excluding hydrogens is 325 g/mol. The minimum Gasteiger partial charge on any atom is -0.459 e. The van der Waals surface area contributed by atoms with Crippen molar-refractivity contribution in [2.24, 2.45) is 0 Å². The number of benzene rings is 1. The molecule has 1 aliphatic heterocycles. The zero-order valence-electron chi connectivity index (χ0n) is 13.4. The minimum atomic E-state index is -0.308. The van der Waals surface area contributed by atoms with E-state index in [0.29, 0.717) is 36.2 Å². The van der Waals surface area contributed by atoms with Gasteiger partial charge in [-0.3, -0.25) is 4.79 Å². The lowest BCUT2D eigenvalue weighted by atomic mass is 9.96. The van der Waals surface area contributed by atoms with Crippen molar-refractivity contribution in [3.8, 4) is 11.5 Å². The first-order valence-electron chi connectivity index (χ1n) is 8.13. The van der Waals surface area contributed by atoms with Crippen LogP contribution < -0.4 is 0 Å². The van der Waals surface area contributed by atoms with Gasteiger partial charge < -0.3 is 13.7 Å². The zero-order valence-corrected chi connectivity index (χ0v) is 13.4. The summed E-state index contributed by atoms with van der Waals surface area (Å²) in [5.74, 6) is 1.00. The van der Waals surface area contributed by atoms with Crippen molar-refractivity contribution in [3.05, 3.63) is 60.1 Å². The summed E-state index contributed by atoms with van der Waals surface area (Å²) in [5, 5.41) is 8.18. The van der Waals surface area contributed by atoms with Crippen LogP contribution in [0.4, 0.5) is 4.39 Å². The molecule has 25 heavy (non-hydrogen) atoms. The number of rotatable bonds is 3. The van der Waals surface area contributed by atoms with E-state index in [2.05, 4.69) is 10.2 Å². The SMILES string of the molecule is O=C(c1ccco1)N1CCC(c2nnc(-c3ccc(F)cc3)o2)CC1. The second kappa shape index (κ2) is 6.51. The van der Waals surface area contributed by atoms with Gasteiger partial charge in [0.05, 0.1) is 6.26 Å². The fourth-order valence-electron chi connectivity index (χ4n) is 2.99. The van der Waals surface area contributed by atoms with Crippen LogP contribution in [-0.4, -0.2) is 34.1 Å². The van der Waals surface area contributed by atoms with E-state index in [-0.39, 0.29) is 17.6 Å². The maximum absolute atomic E-state index is 13.0. The molecule has 6 nitrogen and oxygen atoms in total. The third-order valence-corrected chi connectivity index (χ3v) is 4.40. The van der Waals surface area contributed by atoms with Crippen LogP contribution in [0.5, 0.6) is 0 Å². The molecule has 0 spiro atoms. The van der Waals surface area contributed by atoms with Crippen molar-refractivity contribution in [3.63, 3.8) is 0 Å². The maximum Gasteiger partial charge on any atom is 0.289 e. The highest BCUT2D eigenvalue weighted by Crippen LogP contribution is 2.30. The van der Waals surface area contributed by atoms with Gasteiger partial charge in [0.2, 0.25) is 11.8 Å². The first-order valence-corrected chi connectivity index (χ1v) is 8.13. The molecule has 1 fully saturated rings. The van der Waals surface area contributed by atoms with Crippen LogP contribution in [0.1, 0.15) is 35.2 Å². The molecule has 3 aromatic rings. The molecule has 1 aliphatic rings. The van der Waals surface area contributed by atoms with Gasteiger partial charge in [-0.05, 0) is 49.2 Å². The maximum atomic E-state index is 13.0. The van der Waals surface area contributed by atoms with Crippen LogP contribution in [0, 0.1) is 5.82 Å². The number of carbonyl (C=O) groups is 1. The summed E-state index contributed by atoms with van der Waals surface area (Å²) < 4.78 is 23.9. The van der Waals surface area contributed by atoms with Gasteiger partial charge in [0, 0.05) is 24.6 Å². The summed E-state index contributed by atoms with van der Waals surface area (Å²) in [6, 6.07) is 9.31. The number of carbonyl (C=O) groups excluding carboxylic acids is 1. The van der Waals surface area contributed by atoms with Gasteiger partial charge in [0.1, 0.15) is 5.82 Å². The van der Waals surface area contributed by atoms with E-state index < -0.39 is 0 Å². The molecule has 2 aromatic heterocycles. The largest absolute Gasteiger partial charge is 0.459 e. The predicted molar refractivity (Wildman–Crippen MR) is 86.3 cm³/mol. The monoisotopic (exact) mass is 341 g/mol. The first-order chi connectivity index (χ1) is 12.2. The van der Waals surface area contributed by atoms with Gasteiger partial charge in [-0.1, -0.05) is 0 Å². The molecule has 0 N–H and O–H groups in total. The lowest BCUT2D eigenvalue weighted by Gasteiger charge is -2.29. The predicted octanol–water partition coefficient (Wildman–Crippen LogP) is 3.49. The van der Waals surface area contributed by atoms with Gasteiger partial charge in [0.25, 0.3) is 5.91 Å². The summed E-state index contributed by atoms with van der Waals surface area (Å²) in [6.07, 6.45) is 2.99. The second-order valence-corrected chi connectivity index (χ2v) is 6.00. The number of amides is 1. The molecule has 128 valence electrons. The highest BCUT2D eigenvalue weighted by molar-refractivity contribution is 5.91. The van der Waals surface area contributed by atoms with E-state index in [0.717, 1.165) is 12.8 Å². The highest BCUT2D eigenvalue weighted by Gasteiger charge is 2.28. The van der Waals surface area contributed by atoms with Crippen molar-refractivity contribution in [1.82, 2.24) is 15.1 Å². The minimum absolute atomic E-state index is 0.0963. The molecule has 4 rings (SSSR count). The lowest BCUT2D eigenvalue weighted by molar-refractivity contribution is 0.0674. The summed E-state index contributed by atoms with van der Waals surface area (Å²) in [7, 11) is 0. The Labute approximate surface area is 143 Å². The number of furan rings is 1. The Morgan fingerprint density at radius 2 is 1.88 bits per heavy atom. The average molecular weight is 341 g/mol. The Hall–Kier alpha value is -2.96. The Kier molecular flexibility index (Phi) is 4.05. The van der Waals surface area contributed by atoms with Crippen molar-refractivity contribution >= 4 is 5.91 Å². The van der Waals surface area contributed by atoms with Gasteiger partial charge >= 0.3 is 0 Å². The normalized spacial score (nSPS) is 15.5. The van der Waals surface area contributed by atoms with Crippen LogP contribution in [0.3, 0.4) is 0 Å². The van der Waals surface area contributed by atoms with E-state index in [9.17, 15) is 9.18 Å². The van der Waals surface area contributed by atoms with Crippen LogP contribution in [0.25, 0.3) is 11.5 Å². The Morgan fingerprint density at radius 1 is 1.12 bits per heavy atom. The zero-order chi connectivity index (χ0) is 17.2. The van der Waals surface area contributed by atoms with E-state index in [1.54, 1.807) is 29.2 Å². The molecule has 3 heterocycles. The fraction of sp³-hybridized carbons (Fsp3) is 0.278. The topological polar surface area (TPSA) is 72.4 Å². The molecule has 0 atom stereocenters. The summed E-state index contributed by atoms with van der Waals surface area (Å²) in [5.41, 5.74) is 0.686. The van der Waals surface area contributed by atoms with Gasteiger partial charge in [-0.25, -0.2) is 4.39 Å². The van der Waals surface area contributed by atoms with Crippen molar-refractivity contribution in [2.45, 2.75) is 18.8 Å². The molecule has 0 bridgehead atoms. The molecule has 0 saturated carbocycles. The molecule has 1 saturated heterocycles. The average Bonchev–Trinajstić information content (AvgIpc) is 3.34. The van der Waals surface area contributed by atoms with E-state index in [1.165, 1.54) is 18.4 Å². The number of likely N-dealkylation sites (tertiary alicyclic amines) is 1. The Balaban J connectivity index is 1.41. The molecule has 1 aromatic carbocycles. The van der Waals surface area contributed by atoms with Gasteiger partial charge in [0.15, 0.2) is 5.76 Å². The molecule has 7 heteroatoms. The number of nitrogens with zero attached hydrogens (tertiary/aromatic N) is 3. The van der Waals surface area contributed by atoms with Crippen LogP contribution in [-0.2, 0) is 0 Å². The second-order valence-electron chi connectivity index (χ2n) is 6.00. The number of piperidine rings is 1. The quantitative estimate of drug-likeness (QED) is 0.729. The molecule has 0 aliphatic carbocycles. The van der Waals surface area contributed by atoms with Crippen LogP contribution in [0.15, 0.2) is 51.5 Å². The molecule has 0 radical (unpaired) electrons. The molecular formula is C18H16FN3O3. The number of hydrogen-bond acceptors (Lipinski definition) is 5. The molecule has 0 unspecified atom stereocenters. The standard InChI is InChI=1S/C18H16FN3O3/c19-14-5-3-12(4-6-14)16-20-21-17(25-16)13-7-9-22(10-8-13)18(23)15-2-1-11-24-15/h1-6,11,13H,7-10H2. The third-order valence-electron chi connectivity index (χ3n) is 4.40. The van der Waals surface area contributed by atoms with Crippen molar-refractivity contribution in [1.29, 1.82) is 0 Å². The van der Waals surface area contributed by atoms with Crippen molar-refractivity contribution in [2.75, 3.05) is 13.1 Å². The highest BCUT2D eigenvalue weighted by atomic mass is 19.1. The number of halogens is 1. The van der Waals surface area contributed by atoms with Gasteiger partial charge in [-0.2, -0.15) is 0 Å². The van der Waals surface area contributed by atoms with Gasteiger partial charge in [-0.15, -0.1) is 10.2 Å².